The smallest absolute Gasteiger partial charge is 0.345 e. The van der Waals surface area contributed by atoms with Crippen molar-refractivity contribution in [2.45, 2.75) is 30.6 Å². The molecule has 0 spiro atoms. The molecule has 0 aliphatic rings. The highest BCUT2D eigenvalue weighted by Gasteiger charge is 2.30. The second-order valence-corrected chi connectivity index (χ2v) is 8.55. The van der Waals surface area contributed by atoms with Crippen molar-refractivity contribution < 1.29 is 18.0 Å². The van der Waals surface area contributed by atoms with Crippen molar-refractivity contribution in [3.63, 3.8) is 0 Å². The fourth-order valence-corrected chi connectivity index (χ4v) is 4.28. The predicted molar refractivity (Wildman–Crippen MR) is 125 cm³/mol. The van der Waals surface area contributed by atoms with Gasteiger partial charge < -0.3 is 5.32 Å². The molecular weight excluding hydrogens is 461 g/mol. The molecule has 0 bridgehead atoms. The van der Waals surface area contributed by atoms with Crippen molar-refractivity contribution in [1.82, 2.24) is 20.1 Å². The largest absolute Gasteiger partial charge is 0.416 e. The maximum absolute atomic E-state index is 13.1. The summed E-state index contributed by atoms with van der Waals surface area (Å²) in [5.74, 6) is 0.559. The lowest BCUT2D eigenvalue weighted by Crippen LogP contribution is -2.24. The van der Waals surface area contributed by atoms with E-state index in [-0.39, 0.29) is 18.2 Å². The van der Waals surface area contributed by atoms with Gasteiger partial charge >= 0.3 is 6.18 Å². The molecule has 0 fully saturated rings. The van der Waals surface area contributed by atoms with Gasteiger partial charge in [-0.05, 0) is 48.4 Å². The SMILES string of the molecule is Cc1cccc(-n2c(CNC(=O)c3ccccc3)nnc2SCc2cccc(C(F)(F)F)c2)c1. The Morgan fingerprint density at radius 3 is 2.47 bits per heavy atom. The molecular formula is C25H21F3N4OS. The van der Waals surface area contributed by atoms with E-state index in [1.807, 2.05) is 41.8 Å². The Hall–Kier alpha value is -3.59. The van der Waals surface area contributed by atoms with Gasteiger partial charge in [0.25, 0.3) is 5.91 Å². The molecule has 0 radical (unpaired) electrons. The van der Waals surface area contributed by atoms with Crippen molar-refractivity contribution in [3.05, 3.63) is 107 Å². The molecule has 0 saturated heterocycles. The van der Waals surface area contributed by atoms with Gasteiger partial charge in [-0.3, -0.25) is 9.36 Å². The van der Waals surface area contributed by atoms with Gasteiger partial charge in [0.1, 0.15) is 0 Å². The van der Waals surface area contributed by atoms with E-state index in [1.54, 1.807) is 30.3 Å². The van der Waals surface area contributed by atoms with Crippen LogP contribution >= 0.6 is 11.8 Å². The number of aryl methyl sites for hydroxylation is 1. The molecule has 34 heavy (non-hydrogen) atoms. The summed E-state index contributed by atoms with van der Waals surface area (Å²) in [5.41, 5.74) is 2.20. The Morgan fingerprint density at radius 1 is 0.971 bits per heavy atom. The highest BCUT2D eigenvalue weighted by Crippen LogP contribution is 2.31. The van der Waals surface area contributed by atoms with Gasteiger partial charge in [0, 0.05) is 17.0 Å². The van der Waals surface area contributed by atoms with Crippen LogP contribution < -0.4 is 5.32 Å². The third kappa shape index (κ3) is 5.66. The summed E-state index contributed by atoms with van der Waals surface area (Å²) < 4.78 is 41.0. The summed E-state index contributed by atoms with van der Waals surface area (Å²) in [6.07, 6.45) is -4.40. The van der Waals surface area contributed by atoms with E-state index in [0.717, 1.165) is 23.4 Å². The minimum Gasteiger partial charge on any atom is -0.345 e. The minimum absolute atomic E-state index is 0.138. The first-order valence-corrected chi connectivity index (χ1v) is 11.4. The number of alkyl halides is 3. The predicted octanol–water partition coefficient (Wildman–Crippen LogP) is 5.82. The summed E-state index contributed by atoms with van der Waals surface area (Å²) in [6.45, 7) is 2.10. The van der Waals surface area contributed by atoms with Crippen LogP contribution in [0.15, 0.2) is 84.0 Å². The van der Waals surface area contributed by atoms with E-state index in [0.29, 0.717) is 22.1 Å². The summed E-state index contributed by atoms with van der Waals surface area (Å²) in [4.78, 5) is 12.5. The van der Waals surface area contributed by atoms with Crippen LogP contribution in [0, 0.1) is 6.92 Å². The second-order valence-electron chi connectivity index (χ2n) is 7.61. The quantitative estimate of drug-likeness (QED) is 0.338. The molecule has 174 valence electrons. The number of amides is 1. The standard InChI is InChI=1S/C25H21F3N4OS/c1-17-7-5-12-21(13-17)32-22(15-29-23(33)19-9-3-2-4-10-19)30-31-24(32)34-16-18-8-6-11-20(14-18)25(26,27)28/h2-14H,15-16H2,1H3,(H,29,33). The van der Waals surface area contributed by atoms with Crippen LogP contribution in [0.4, 0.5) is 13.2 Å². The van der Waals surface area contributed by atoms with Crippen LogP contribution in [0.25, 0.3) is 5.69 Å². The van der Waals surface area contributed by atoms with Gasteiger partial charge in [-0.25, -0.2) is 0 Å². The molecule has 1 aromatic heterocycles. The topological polar surface area (TPSA) is 59.8 Å². The van der Waals surface area contributed by atoms with Gasteiger partial charge in [-0.15, -0.1) is 10.2 Å². The Bertz CT molecular complexity index is 1290. The van der Waals surface area contributed by atoms with E-state index >= 15 is 0 Å². The van der Waals surface area contributed by atoms with Crippen molar-refractivity contribution in [3.8, 4) is 5.69 Å². The number of nitrogens with one attached hydrogen (secondary N) is 1. The van der Waals surface area contributed by atoms with Crippen molar-refractivity contribution in [1.29, 1.82) is 0 Å². The van der Waals surface area contributed by atoms with E-state index in [9.17, 15) is 18.0 Å². The third-order valence-corrected chi connectivity index (χ3v) is 6.03. The Kier molecular flexibility index (Phi) is 7.02. The number of carbonyl (C=O) groups excluding carboxylic acids is 1. The lowest BCUT2D eigenvalue weighted by Gasteiger charge is -2.12. The molecule has 1 amide bonds. The molecule has 4 rings (SSSR count). The molecule has 5 nitrogen and oxygen atoms in total. The molecule has 0 aliphatic carbocycles. The van der Waals surface area contributed by atoms with Gasteiger partial charge in [-0.2, -0.15) is 13.2 Å². The lowest BCUT2D eigenvalue weighted by atomic mass is 10.1. The lowest BCUT2D eigenvalue weighted by molar-refractivity contribution is -0.137. The molecule has 9 heteroatoms. The number of hydrogen-bond donors (Lipinski definition) is 1. The fraction of sp³-hybridized carbons (Fsp3) is 0.160. The second kappa shape index (κ2) is 10.1. The molecule has 0 aliphatic heterocycles. The van der Waals surface area contributed by atoms with E-state index in [1.165, 1.54) is 17.8 Å². The average molecular weight is 483 g/mol. The zero-order valence-corrected chi connectivity index (χ0v) is 19.0. The third-order valence-electron chi connectivity index (χ3n) is 5.03. The molecule has 4 aromatic rings. The Morgan fingerprint density at radius 2 is 1.74 bits per heavy atom. The molecule has 0 atom stereocenters. The first-order chi connectivity index (χ1) is 16.3. The number of halogens is 3. The normalized spacial score (nSPS) is 11.4. The van der Waals surface area contributed by atoms with Crippen molar-refractivity contribution in [2.24, 2.45) is 0 Å². The number of thioether (sulfide) groups is 1. The maximum Gasteiger partial charge on any atom is 0.416 e. The van der Waals surface area contributed by atoms with Crippen LogP contribution in [-0.2, 0) is 18.5 Å². The van der Waals surface area contributed by atoms with Gasteiger partial charge in [0.2, 0.25) is 0 Å². The van der Waals surface area contributed by atoms with E-state index in [4.69, 9.17) is 0 Å². The zero-order valence-electron chi connectivity index (χ0n) is 18.2. The first-order valence-electron chi connectivity index (χ1n) is 10.4. The van der Waals surface area contributed by atoms with Crippen LogP contribution in [0.3, 0.4) is 0 Å². The number of benzene rings is 3. The summed E-state index contributed by atoms with van der Waals surface area (Å²) >= 11 is 1.28. The molecule has 1 N–H and O–H groups in total. The number of carbonyl (C=O) groups is 1. The maximum atomic E-state index is 13.1. The average Bonchev–Trinajstić information content (AvgIpc) is 3.24. The minimum atomic E-state index is -4.40. The number of rotatable bonds is 7. The van der Waals surface area contributed by atoms with E-state index in [2.05, 4.69) is 15.5 Å². The summed E-state index contributed by atoms with van der Waals surface area (Å²) in [6, 6.07) is 21.8. The van der Waals surface area contributed by atoms with Crippen LogP contribution in [0.1, 0.15) is 32.9 Å². The fourth-order valence-electron chi connectivity index (χ4n) is 3.37. The highest BCUT2D eigenvalue weighted by atomic mass is 32.2. The highest BCUT2D eigenvalue weighted by molar-refractivity contribution is 7.98. The number of hydrogen-bond acceptors (Lipinski definition) is 4. The number of aromatic nitrogens is 3. The Balaban J connectivity index is 1.58. The summed E-state index contributed by atoms with van der Waals surface area (Å²) in [7, 11) is 0. The zero-order chi connectivity index (χ0) is 24.1. The van der Waals surface area contributed by atoms with Crippen LogP contribution in [-0.4, -0.2) is 20.7 Å². The first kappa shape index (κ1) is 23.6. The Labute approximate surface area is 199 Å². The summed E-state index contributed by atoms with van der Waals surface area (Å²) in [5, 5.41) is 11.9. The van der Waals surface area contributed by atoms with Crippen molar-refractivity contribution in [2.75, 3.05) is 0 Å². The van der Waals surface area contributed by atoms with E-state index < -0.39 is 11.7 Å². The van der Waals surface area contributed by atoms with Crippen molar-refractivity contribution >= 4 is 17.7 Å². The van der Waals surface area contributed by atoms with Gasteiger partial charge in [0.15, 0.2) is 11.0 Å². The molecule has 0 saturated carbocycles. The van der Waals surface area contributed by atoms with Gasteiger partial charge in [-0.1, -0.05) is 60.3 Å². The monoisotopic (exact) mass is 482 g/mol. The number of nitrogens with zero attached hydrogens (tertiary/aromatic N) is 3. The molecule has 3 aromatic carbocycles. The van der Waals surface area contributed by atoms with Gasteiger partial charge in [0.05, 0.1) is 12.1 Å². The van der Waals surface area contributed by atoms with Crippen LogP contribution in [0.5, 0.6) is 0 Å². The molecule has 1 heterocycles. The molecule has 0 unspecified atom stereocenters. The van der Waals surface area contributed by atoms with Crippen LogP contribution in [0.2, 0.25) is 0 Å².